The van der Waals surface area contributed by atoms with Crippen molar-refractivity contribution >= 4 is 44.5 Å². The summed E-state index contributed by atoms with van der Waals surface area (Å²) in [6.07, 6.45) is 1.10. The summed E-state index contributed by atoms with van der Waals surface area (Å²) in [7, 11) is 1.86. The predicted molar refractivity (Wildman–Crippen MR) is 113 cm³/mol. The second-order valence-electron chi connectivity index (χ2n) is 6.89. The Hall–Kier alpha value is -2.52. The van der Waals surface area contributed by atoms with Crippen LogP contribution in [0.25, 0.3) is 10.8 Å². The minimum atomic E-state index is -1.10. The van der Waals surface area contributed by atoms with E-state index in [-0.39, 0.29) is 5.04 Å². The molecule has 28 heavy (non-hydrogen) atoms. The van der Waals surface area contributed by atoms with Crippen molar-refractivity contribution in [3.05, 3.63) is 36.0 Å². The van der Waals surface area contributed by atoms with Crippen molar-refractivity contribution in [3.8, 4) is 0 Å². The minimum Gasteiger partial charge on any atom is -0.332 e. The number of fused-ring (bicyclic) bond motifs is 1. The number of amides is 2. The van der Waals surface area contributed by atoms with Crippen molar-refractivity contribution < 1.29 is 9.18 Å². The lowest BCUT2D eigenvalue weighted by atomic mass is 10.0. The van der Waals surface area contributed by atoms with Crippen LogP contribution in [0.4, 0.5) is 15.0 Å². The number of nitrogens with one attached hydrogen (secondary N) is 4. The number of alkyl halides is 1. The summed E-state index contributed by atoms with van der Waals surface area (Å²) in [5.41, 5.74) is 0.692. The summed E-state index contributed by atoms with van der Waals surface area (Å²) in [4.78, 5) is 18.4. The molecule has 0 bridgehead atoms. The normalized spacial score (nSPS) is 20.0. The van der Waals surface area contributed by atoms with E-state index in [0.717, 1.165) is 29.1 Å². The van der Waals surface area contributed by atoms with Crippen LogP contribution in [0.3, 0.4) is 0 Å². The van der Waals surface area contributed by atoms with E-state index in [1.165, 1.54) is 0 Å². The molecule has 0 saturated carbocycles. The van der Waals surface area contributed by atoms with Gasteiger partial charge >= 0.3 is 6.03 Å². The second kappa shape index (κ2) is 8.66. The molecule has 1 aromatic carbocycles. The number of pyridine rings is 1. The van der Waals surface area contributed by atoms with Crippen LogP contribution in [0.1, 0.15) is 18.9 Å². The third-order valence-electron chi connectivity index (χ3n) is 4.54. The van der Waals surface area contributed by atoms with E-state index >= 15 is 0 Å². The molecule has 2 heterocycles. The largest absolute Gasteiger partial charge is 0.332 e. The van der Waals surface area contributed by atoms with Crippen molar-refractivity contribution in [2.45, 2.75) is 25.6 Å². The van der Waals surface area contributed by atoms with Gasteiger partial charge in [0.2, 0.25) is 0 Å². The number of benzene rings is 1. The molecule has 7 nitrogen and oxygen atoms in total. The van der Waals surface area contributed by atoms with Crippen molar-refractivity contribution in [3.63, 3.8) is 0 Å². The van der Waals surface area contributed by atoms with Crippen LogP contribution in [0.5, 0.6) is 0 Å². The standard InChI is InChI=1S/C19H23FN6OS/c1-11(21)28-18(22)12-3-4-13-9-23-17(8-14(13)7-12)25-19(27)24-16-5-6-26(2)10-15(16)20/h3-4,7-9,15-16,21-22H,5-6,10H2,1-2H3,(H2,23,24,25,27)/t15-,16-/m0/s1. The van der Waals surface area contributed by atoms with Gasteiger partial charge in [-0.3, -0.25) is 16.1 Å². The van der Waals surface area contributed by atoms with Gasteiger partial charge in [0.1, 0.15) is 17.0 Å². The van der Waals surface area contributed by atoms with E-state index in [1.54, 1.807) is 19.2 Å². The third-order valence-corrected chi connectivity index (χ3v) is 5.29. The van der Waals surface area contributed by atoms with Gasteiger partial charge in [0.15, 0.2) is 0 Å². The number of aromatic nitrogens is 1. The number of anilines is 1. The molecule has 3 rings (SSSR count). The number of carbonyl (C=O) groups is 1. The number of hydrogen-bond donors (Lipinski definition) is 4. The summed E-state index contributed by atoms with van der Waals surface area (Å²) in [6, 6.07) is 6.21. The fourth-order valence-electron chi connectivity index (χ4n) is 3.10. The average molecular weight is 402 g/mol. The first-order valence-corrected chi connectivity index (χ1v) is 9.75. The lowest BCUT2D eigenvalue weighted by Gasteiger charge is -2.32. The number of nitrogens with zero attached hydrogens (tertiary/aromatic N) is 2. The van der Waals surface area contributed by atoms with Crippen molar-refractivity contribution in [2.75, 3.05) is 25.5 Å². The summed E-state index contributed by atoms with van der Waals surface area (Å²) in [5, 5.41) is 23.2. The zero-order valence-electron chi connectivity index (χ0n) is 15.8. The fraction of sp³-hybridized carbons (Fsp3) is 0.368. The van der Waals surface area contributed by atoms with Gasteiger partial charge in [0, 0.05) is 30.2 Å². The highest BCUT2D eigenvalue weighted by atomic mass is 32.2. The first-order valence-electron chi connectivity index (χ1n) is 8.93. The summed E-state index contributed by atoms with van der Waals surface area (Å²) < 4.78 is 14.1. The van der Waals surface area contributed by atoms with Crippen LogP contribution in [0, 0.1) is 10.8 Å². The number of likely N-dealkylation sites (tertiary alicyclic amines) is 1. The maximum atomic E-state index is 14.1. The molecular weight excluding hydrogens is 379 g/mol. The van der Waals surface area contributed by atoms with Crippen LogP contribution >= 0.6 is 11.8 Å². The molecule has 0 spiro atoms. The molecular formula is C19H23FN6OS. The molecule has 1 aliphatic heterocycles. The quantitative estimate of drug-likeness (QED) is 0.466. The van der Waals surface area contributed by atoms with Gasteiger partial charge in [-0.05, 0) is 37.9 Å². The Morgan fingerprint density at radius 3 is 2.82 bits per heavy atom. The van der Waals surface area contributed by atoms with Gasteiger partial charge in [-0.2, -0.15) is 0 Å². The van der Waals surface area contributed by atoms with Gasteiger partial charge in [-0.15, -0.1) is 0 Å². The monoisotopic (exact) mass is 402 g/mol. The highest BCUT2D eigenvalue weighted by Gasteiger charge is 2.28. The SMILES string of the molecule is CC(=N)SC(=N)c1ccc2cnc(NC(=O)N[C@H]3CCN(C)C[C@@H]3F)cc2c1. The highest BCUT2D eigenvalue weighted by molar-refractivity contribution is 8.26. The molecule has 1 aliphatic rings. The maximum Gasteiger partial charge on any atom is 0.320 e. The van der Waals surface area contributed by atoms with E-state index in [0.29, 0.717) is 29.4 Å². The van der Waals surface area contributed by atoms with Crippen molar-refractivity contribution in [1.29, 1.82) is 10.8 Å². The van der Waals surface area contributed by atoms with Crippen LogP contribution in [0.15, 0.2) is 30.5 Å². The van der Waals surface area contributed by atoms with Gasteiger partial charge in [0.25, 0.3) is 0 Å². The van der Waals surface area contributed by atoms with Crippen molar-refractivity contribution in [2.24, 2.45) is 0 Å². The van der Waals surface area contributed by atoms with E-state index in [4.69, 9.17) is 10.8 Å². The van der Waals surface area contributed by atoms with E-state index in [2.05, 4.69) is 15.6 Å². The molecule has 0 radical (unpaired) electrons. The van der Waals surface area contributed by atoms with Crippen LogP contribution in [-0.4, -0.2) is 58.4 Å². The van der Waals surface area contributed by atoms with Crippen LogP contribution in [-0.2, 0) is 0 Å². The second-order valence-corrected chi connectivity index (χ2v) is 8.12. The molecule has 0 aliphatic carbocycles. The van der Waals surface area contributed by atoms with E-state index < -0.39 is 18.2 Å². The summed E-state index contributed by atoms with van der Waals surface area (Å²) in [6.45, 7) is 2.68. The molecule has 2 amide bonds. The van der Waals surface area contributed by atoms with Gasteiger partial charge < -0.3 is 10.2 Å². The lowest BCUT2D eigenvalue weighted by molar-refractivity contribution is 0.127. The smallest absolute Gasteiger partial charge is 0.320 e. The van der Waals surface area contributed by atoms with Crippen LogP contribution in [0.2, 0.25) is 0 Å². The number of thioether (sulfide) groups is 1. The predicted octanol–water partition coefficient (Wildman–Crippen LogP) is 3.45. The lowest BCUT2D eigenvalue weighted by Crippen LogP contribution is -2.52. The van der Waals surface area contributed by atoms with Crippen molar-refractivity contribution in [1.82, 2.24) is 15.2 Å². The zero-order chi connectivity index (χ0) is 20.3. The number of hydrogen-bond acceptors (Lipinski definition) is 6. The Morgan fingerprint density at radius 2 is 2.11 bits per heavy atom. The third kappa shape index (κ3) is 5.05. The topological polar surface area (TPSA) is 105 Å². The highest BCUT2D eigenvalue weighted by Crippen LogP contribution is 2.22. The molecule has 4 N–H and O–H groups in total. The molecule has 2 aromatic rings. The number of carbonyl (C=O) groups excluding carboxylic acids is 1. The molecule has 0 unspecified atom stereocenters. The van der Waals surface area contributed by atoms with E-state index in [9.17, 15) is 9.18 Å². The maximum absolute atomic E-state index is 14.1. The number of piperidine rings is 1. The number of urea groups is 1. The molecule has 1 aromatic heterocycles. The molecule has 1 saturated heterocycles. The Morgan fingerprint density at radius 1 is 1.32 bits per heavy atom. The van der Waals surface area contributed by atoms with Crippen LogP contribution < -0.4 is 10.6 Å². The molecule has 2 atom stereocenters. The van der Waals surface area contributed by atoms with Gasteiger partial charge in [0.05, 0.1) is 11.1 Å². The number of halogens is 1. The van der Waals surface area contributed by atoms with E-state index in [1.807, 2.05) is 30.1 Å². The molecule has 9 heteroatoms. The molecule has 1 fully saturated rings. The Labute approximate surface area is 167 Å². The number of rotatable bonds is 3. The summed E-state index contributed by atoms with van der Waals surface area (Å²) >= 11 is 1.08. The van der Waals surface area contributed by atoms with Gasteiger partial charge in [-0.1, -0.05) is 23.9 Å². The average Bonchev–Trinajstić information content (AvgIpc) is 2.63. The Bertz CT molecular complexity index is 920. The first kappa shape index (κ1) is 20.2. The van der Waals surface area contributed by atoms with Gasteiger partial charge in [-0.25, -0.2) is 14.2 Å². The first-order chi connectivity index (χ1) is 13.3. The zero-order valence-corrected chi connectivity index (χ0v) is 16.6. The minimum absolute atomic E-state index is 0.287. The fourth-order valence-corrected chi connectivity index (χ4v) is 3.65. The molecule has 148 valence electrons. The Kier molecular flexibility index (Phi) is 6.25. The Balaban J connectivity index is 1.69. The summed E-state index contributed by atoms with van der Waals surface area (Å²) in [5.74, 6) is 0.355.